The zero-order valence-electron chi connectivity index (χ0n) is 11.6. The van der Waals surface area contributed by atoms with E-state index in [1.54, 1.807) is 18.2 Å². The van der Waals surface area contributed by atoms with Crippen molar-refractivity contribution in [3.8, 4) is 5.75 Å². The molecule has 106 valence electrons. The van der Waals surface area contributed by atoms with Crippen LogP contribution in [0.1, 0.15) is 24.3 Å². The van der Waals surface area contributed by atoms with Crippen molar-refractivity contribution in [1.82, 2.24) is 4.98 Å². The molecule has 0 fully saturated rings. The summed E-state index contributed by atoms with van der Waals surface area (Å²) in [6.07, 6.45) is 0. The van der Waals surface area contributed by atoms with Crippen LogP contribution in [0.3, 0.4) is 0 Å². The van der Waals surface area contributed by atoms with E-state index in [-0.39, 0.29) is 11.6 Å². The summed E-state index contributed by atoms with van der Waals surface area (Å²) in [6.45, 7) is 3.80. The first-order valence-corrected chi connectivity index (χ1v) is 6.21. The molecule has 20 heavy (non-hydrogen) atoms. The Morgan fingerprint density at radius 3 is 2.70 bits per heavy atom. The topological polar surface area (TPSA) is 80.4 Å². The SMILES string of the molecule is CCOc1ccc2[nH]c(C(=O)OC)c(NC(C)=O)c2c1. The van der Waals surface area contributed by atoms with Crippen LogP contribution in [0.2, 0.25) is 0 Å². The molecule has 0 bridgehead atoms. The summed E-state index contributed by atoms with van der Waals surface area (Å²) in [5.74, 6) is -0.136. The molecular formula is C14H16N2O4. The molecule has 0 aliphatic heterocycles. The van der Waals surface area contributed by atoms with Gasteiger partial charge in [0.2, 0.25) is 5.91 Å². The summed E-state index contributed by atoms with van der Waals surface area (Å²) >= 11 is 0. The van der Waals surface area contributed by atoms with Crippen LogP contribution in [0, 0.1) is 0 Å². The number of amides is 1. The highest BCUT2D eigenvalue weighted by atomic mass is 16.5. The molecule has 0 saturated carbocycles. The molecule has 0 aliphatic rings. The van der Waals surface area contributed by atoms with E-state index in [1.807, 2.05) is 6.92 Å². The minimum Gasteiger partial charge on any atom is -0.494 e. The van der Waals surface area contributed by atoms with Gasteiger partial charge in [-0.2, -0.15) is 0 Å². The molecule has 6 nitrogen and oxygen atoms in total. The van der Waals surface area contributed by atoms with E-state index in [9.17, 15) is 9.59 Å². The number of ether oxygens (including phenoxy) is 2. The van der Waals surface area contributed by atoms with Crippen LogP contribution < -0.4 is 10.1 Å². The second-order valence-corrected chi connectivity index (χ2v) is 4.19. The molecule has 1 aromatic heterocycles. The van der Waals surface area contributed by atoms with Crippen LogP contribution in [0.25, 0.3) is 10.9 Å². The molecule has 0 radical (unpaired) electrons. The second-order valence-electron chi connectivity index (χ2n) is 4.19. The van der Waals surface area contributed by atoms with Crippen molar-refractivity contribution in [2.45, 2.75) is 13.8 Å². The summed E-state index contributed by atoms with van der Waals surface area (Å²) < 4.78 is 10.1. The molecule has 0 saturated heterocycles. The Morgan fingerprint density at radius 1 is 1.35 bits per heavy atom. The Labute approximate surface area is 116 Å². The first kappa shape index (κ1) is 13.9. The molecule has 0 aliphatic carbocycles. The lowest BCUT2D eigenvalue weighted by molar-refractivity contribution is -0.114. The highest BCUT2D eigenvalue weighted by Crippen LogP contribution is 2.31. The summed E-state index contributed by atoms with van der Waals surface area (Å²) in [7, 11) is 1.29. The lowest BCUT2D eigenvalue weighted by Crippen LogP contribution is -2.11. The number of hydrogen-bond donors (Lipinski definition) is 2. The van der Waals surface area contributed by atoms with Gasteiger partial charge < -0.3 is 19.8 Å². The molecular weight excluding hydrogens is 260 g/mol. The fourth-order valence-electron chi connectivity index (χ4n) is 1.99. The zero-order chi connectivity index (χ0) is 14.7. The van der Waals surface area contributed by atoms with Crippen molar-refractivity contribution < 1.29 is 19.1 Å². The highest BCUT2D eigenvalue weighted by Gasteiger charge is 2.19. The number of nitrogens with one attached hydrogen (secondary N) is 2. The van der Waals surface area contributed by atoms with E-state index >= 15 is 0 Å². The molecule has 0 unspecified atom stereocenters. The first-order valence-electron chi connectivity index (χ1n) is 6.21. The minimum absolute atomic E-state index is 0.214. The van der Waals surface area contributed by atoms with Gasteiger partial charge in [0.1, 0.15) is 11.4 Å². The Kier molecular flexibility index (Phi) is 3.93. The van der Waals surface area contributed by atoms with E-state index in [0.29, 0.717) is 23.4 Å². The van der Waals surface area contributed by atoms with E-state index < -0.39 is 5.97 Å². The van der Waals surface area contributed by atoms with E-state index in [0.717, 1.165) is 5.52 Å². The Bertz CT molecular complexity index is 660. The maximum atomic E-state index is 11.8. The van der Waals surface area contributed by atoms with Crippen LogP contribution in [0.15, 0.2) is 18.2 Å². The smallest absolute Gasteiger partial charge is 0.356 e. The van der Waals surface area contributed by atoms with Crippen molar-refractivity contribution in [3.63, 3.8) is 0 Å². The normalized spacial score (nSPS) is 10.3. The lowest BCUT2D eigenvalue weighted by atomic mass is 10.2. The van der Waals surface area contributed by atoms with Gasteiger partial charge in [0.05, 0.1) is 19.4 Å². The summed E-state index contributed by atoms with van der Waals surface area (Å²) in [6, 6.07) is 5.35. The Balaban J connectivity index is 2.61. The third kappa shape index (κ3) is 2.59. The third-order valence-electron chi connectivity index (χ3n) is 2.77. The number of methoxy groups -OCH3 is 1. The van der Waals surface area contributed by atoms with E-state index in [2.05, 4.69) is 10.3 Å². The van der Waals surface area contributed by atoms with Gasteiger partial charge in [-0.3, -0.25) is 4.79 Å². The third-order valence-corrected chi connectivity index (χ3v) is 2.77. The summed E-state index contributed by atoms with van der Waals surface area (Å²) in [4.78, 5) is 26.0. The van der Waals surface area contributed by atoms with E-state index in [1.165, 1.54) is 14.0 Å². The number of rotatable bonds is 4. The molecule has 1 heterocycles. The Morgan fingerprint density at radius 2 is 2.10 bits per heavy atom. The number of carbonyl (C=O) groups is 2. The number of H-pyrrole nitrogens is 1. The van der Waals surface area contributed by atoms with Gasteiger partial charge >= 0.3 is 5.97 Å². The second kappa shape index (κ2) is 5.64. The maximum absolute atomic E-state index is 11.8. The number of aromatic nitrogens is 1. The van der Waals surface area contributed by atoms with Crippen LogP contribution in [0.5, 0.6) is 5.75 Å². The van der Waals surface area contributed by atoms with Gasteiger partial charge in [0, 0.05) is 17.8 Å². The zero-order valence-corrected chi connectivity index (χ0v) is 11.6. The number of esters is 1. The van der Waals surface area contributed by atoms with Gasteiger partial charge in [0.15, 0.2) is 0 Å². The maximum Gasteiger partial charge on any atom is 0.356 e. The summed E-state index contributed by atoms with van der Waals surface area (Å²) in [5.41, 5.74) is 1.34. The molecule has 2 N–H and O–H groups in total. The van der Waals surface area contributed by atoms with Crippen molar-refractivity contribution >= 4 is 28.5 Å². The molecule has 2 aromatic rings. The summed E-state index contributed by atoms with van der Waals surface area (Å²) in [5, 5.41) is 3.35. The van der Waals surface area contributed by atoms with Crippen molar-refractivity contribution in [3.05, 3.63) is 23.9 Å². The number of benzene rings is 1. The number of fused-ring (bicyclic) bond motifs is 1. The van der Waals surface area contributed by atoms with Crippen LogP contribution in [-0.2, 0) is 9.53 Å². The molecule has 1 aromatic carbocycles. The van der Waals surface area contributed by atoms with Gasteiger partial charge in [-0.15, -0.1) is 0 Å². The van der Waals surface area contributed by atoms with Gasteiger partial charge in [-0.05, 0) is 25.1 Å². The predicted octanol–water partition coefficient (Wildman–Crippen LogP) is 2.31. The first-order chi connectivity index (χ1) is 9.56. The fourth-order valence-corrected chi connectivity index (χ4v) is 1.99. The monoisotopic (exact) mass is 276 g/mol. The number of carbonyl (C=O) groups excluding carboxylic acids is 2. The number of aromatic amines is 1. The van der Waals surface area contributed by atoms with Gasteiger partial charge in [0.25, 0.3) is 0 Å². The van der Waals surface area contributed by atoms with Crippen LogP contribution in [-0.4, -0.2) is 30.6 Å². The van der Waals surface area contributed by atoms with Crippen LogP contribution in [0.4, 0.5) is 5.69 Å². The highest BCUT2D eigenvalue weighted by molar-refractivity contribution is 6.10. The molecule has 0 atom stereocenters. The van der Waals surface area contributed by atoms with Crippen molar-refractivity contribution in [2.24, 2.45) is 0 Å². The fraction of sp³-hybridized carbons (Fsp3) is 0.286. The number of anilines is 1. The van der Waals surface area contributed by atoms with Crippen LogP contribution >= 0.6 is 0 Å². The molecule has 1 amide bonds. The minimum atomic E-state index is -0.539. The largest absolute Gasteiger partial charge is 0.494 e. The number of hydrogen-bond acceptors (Lipinski definition) is 4. The Hall–Kier alpha value is -2.50. The molecule has 6 heteroatoms. The lowest BCUT2D eigenvalue weighted by Gasteiger charge is -2.05. The molecule has 0 spiro atoms. The quantitative estimate of drug-likeness (QED) is 0.840. The average Bonchev–Trinajstić information content (AvgIpc) is 2.76. The molecule has 2 rings (SSSR count). The van der Waals surface area contributed by atoms with E-state index in [4.69, 9.17) is 9.47 Å². The predicted molar refractivity (Wildman–Crippen MR) is 75.1 cm³/mol. The van der Waals surface area contributed by atoms with Gasteiger partial charge in [-0.1, -0.05) is 0 Å². The van der Waals surface area contributed by atoms with Gasteiger partial charge in [-0.25, -0.2) is 4.79 Å². The average molecular weight is 276 g/mol. The standard InChI is InChI=1S/C14H16N2O4/c1-4-20-9-5-6-11-10(7-9)12(15-8(2)17)13(16-11)14(18)19-3/h5-7,16H,4H2,1-3H3,(H,15,17). The van der Waals surface area contributed by atoms with Crippen molar-refractivity contribution in [2.75, 3.05) is 19.0 Å². The van der Waals surface area contributed by atoms with Crippen molar-refractivity contribution in [1.29, 1.82) is 0 Å².